The summed E-state index contributed by atoms with van der Waals surface area (Å²) in [5.74, 6) is 0.784. The largest absolute Gasteiger partial charge is 0.381 e. The number of pyridine rings is 1. The molecule has 1 N–H and O–H groups in total. The predicted molar refractivity (Wildman–Crippen MR) is 64.2 cm³/mol. The molecule has 1 fully saturated rings. The van der Waals surface area contributed by atoms with Gasteiger partial charge in [0.1, 0.15) is 0 Å². The molecule has 0 saturated carbocycles. The van der Waals surface area contributed by atoms with E-state index < -0.39 is 0 Å². The highest BCUT2D eigenvalue weighted by atomic mass is 16.5. The Morgan fingerprint density at radius 1 is 1.38 bits per heavy atom. The Labute approximate surface area is 97.2 Å². The van der Waals surface area contributed by atoms with Crippen molar-refractivity contribution in [1.82, 2.24) is 10.3 Å². The average Bonchev–Trinajstić information content (AvgIpc) is 2.30. The van der Waals surface area contributed by atoms with Crippen molar-refractivity contribution in [3.63, 3.8) is 0 Å². The maximum absolute atomic E-state index is 5.34. The molecule has 1 saturated heterocycles. The molecule has 0 amide bonds. The second-order valence-electron chi connectivity index (χ2n) is 4.56. The lowest BCUT2D eigenvalue weighted by molar-refractivity contribution is 0.0662. The number of rotatable bonds is 4. The first-order valence-corrected chi connectivity index (χ1v) is 6.03. The van der Waals surface area contributed by atoms with Crippen molar-refractivity contribution in [2.24, 2.45) is 5.92 Å². The molecule has 2 heterocycles. The summed E-state index contributed by atoms with van der Waals surface area (Å²) in [5.41, 5.74) is 2.50. The van der Waals surface area contributed by atoms with Gasteiger partial charge in [-0.05, 0) is 43.4 Å². The summed E-state index contributed by atoms with van der Waals surface area (Å²) >= 11 is 0. The molecule has 1 aromatic rings. The summed E-state index contributed by atoms with van der Waals surface area (Å²) in [6, 6.07) is 2.18. The smallest absolute Gasteiger partial charge is 0.0469 e. The fourth-order valence-electron chi connectivity index (χ4n) is 2.09. The molecule has 1 aliphatic heterocycles. The number of nitrogens with zero attached hydrogens (tertiary/aromatic N) is 1. The molecule has 0 bridgehead atoms. The monoisotopic (exact) mass is 220 g/mol. The lowest BCUT2D eigenvalue weighted by atomic mass is 10.0. The zero-order valence-corrected chi connectivity index (χ0v) is 9.91. The Bertz CT molecular complexity index is 321. The Hall–Kier alpha value is -0.930. The highest BCUT2D eigenvalue weighted by Crippen LogP contribution is 2.13. The van der Waals surface area contributed by atoms with Crippen LogP contribution in [0.5, 0.6) is 0 Å². The van der Waals surface area contributed by atoms with E-state index in [4.69, 9.17) is 4.74 Å². The number of nitrogens with one attached hydrogen (secondary N) is 1. The van der Waals surface area contributed by atoms with Crippen LogP contribution in [0, 0.1) is 12.8 Å². The van der Waals surface area contributed by atoms with Crippen LogP contribution in [0.25, 0.3) is 0 Å². The summed E-state index contributed by atoms with van der Waals surface area (Å²) in [7, 11) is 0. The van der Waals surface area contributed by atoms with E-state index in [1.165, 1.54) is 24.0 Å². The molecule has 1 aromatic heterocycles. The SMILES string of the molecule is Cc1cncc(CNCC2CCOCC2)c1. The third kappa shape index (κ3) is 3.58. The fraction of sp³-hybridized carbons (Fsp3) is 0.615. The number of hydrogen-bond acceptors (Lipinski definition) is 3. The van der Waals surface area contributed by atoms with Crippen LogP contribution in [-0.2, 0) is 11.3 Å². The van der Waals surface area contributed by atoms with Gasteiger partial charge in [-0.15, -0.1) is 0 Å². The van der Waals surface area contributed by atoms with E-state index in [1.807, 2.05) is 12.4 Å². The van der Waals surface area contributed by atoms with Gasteiger partial charge in [-0.25, -0.2) is 0 Å². The number of aryl methyl sites for hydroxylation is 1. The number of aromatic nitrogens is 1. The Balaban J connectivity index is 1.71. The lowest BCUT2D eigenvalue weighted by Gasteiger charge is -2.22. The second kappa shape index (κ2) is 5.97. The number of ether oxygens (including phenoxy) is 1. The summed E-state index contributed by atoms with van der Waals surface area (Å²) in [5, 5.41) is 3.50. The van der Waals surface area contributed by atoms with Gasteiger partial charge in [0.2, 0.25) is 0 Å². The minimum absolute atomic E-state index is 0.784. The van der Waals surface area contributed by atoms with E-state index in [9.17, 15) is 0 Å². The van der Waals surface area contributed by atoms with Crippen LogP contribution in [0.2, 0.25) is 0 Å². The highest BCUT2D eigenvalue weighted by molar-refractivity contribution is 5.16. The maximum Gasteiger partial charge on any atom is 0.0469 e. The molecule has 1 aliphatic rings. The molecule has 0 unspecified atom stereocenters. The van der Waals surface area contributed by atoms with Crippen LogP contribution in [0.4, 0.5) is 0 Å². The molecule has 0 radical (unpaired) electrons. The maximum atomic E-state index is 5.34. The first-order chi connectivity index (χ1) is 7.84. The van der Waals surface area contributed by atoms with Crippen LogP contribution in [-0.4, -0.2) is 24.7 Å². The highest BCUT2D eigenvalue weighted by Gasteiger charge is 2.12. The van der Waals surface area contributed by atoms with E-state index in [-0.39, 0.29) is 0 Å². The van der Waals surface area contributed by atoms with Gasteiger partial charge in [-0.3, -0.25) is 4.98 Å². The molecule has 0 atom stereocenters. The van der Waals surface area contributed by atoms with Crippen molar-refractivity contribution >= 4 is 0 Å². The van der Waals surface area contributed by atoms with Gasteiger partial charge >= 0.3 is 0 Å². The van der Waals surface area contributed by atoms with Gasteiger partial charge in [0, 0.05) is 32.2 Å². The normalized spacial score (nSPS) is 17.6. The Morgan fingerprint density at radius 3 is 2.94 bits per heavy atom. The van der Waals surface area contributed by atoms with Crippen molar-refractivity contribution in [1.29, 1.82) is 0 Å². The molecular formula is C13H20N2O. The van der Waals surface area contributed by atoms with Gasteiger partial charge < -0.3 is 10.1 Å². The topological polar surface area (TPSA) is 34.2 Å². The van der Waals surface area contributed by atoms with E-state index in [1.54, 1.807) is 0 Å². The first kappa shape index (κ1) is 11.6. The van der Waals surface area contributed by atoms with Crippen LogP contribution >= 0.6 is 0 Å². The van der Waals surface area contributed by atoms with Gasteiger partial charge in [0.15, 0.2) is 0 Å². The van der Waals surface area contributed by atoms with Crippen molar-refractivity contribution < 1.29 is 4.74 Å². The summed E-state index contributed by atoms with van der Waals surface area (Å²) in [4.78, 5) is 4.19. The second-order valence-corrected chi connectivity index (χ2v) is 4.56. The molecule has 2 rings (SSSR count). The van der Waals surface area contributed by atoms with Crippen LogP contribution < -0.4 is 5.32 Å². The van der Waals surface area contributed by atoms with Gasteiger partial charge in [0.05, 0.1) is 0 Å². The zero-order valence-electron chi connectivity index (χ0n) is 9.91. The minimum Gasteiger partial charge on any atom is -0.381 e. The van der Waals surface area contributed by atoms with Crippen LogP contribution in [0.3, 0.4) is 0 Å². The van der Waals surface area contributed by atoms with E-state index in [0.717, 1.165) is 32.2 Å². The van der Waals surface area contributed by atoms with E-state index >= 15 is 0 Å². The zero-order chi connectivity index (χ0) is 11.2. The lowest BCUT2D eigenvalue weighted by Crippen LogP contribution is -2.27. The first-order valence-electron chi connectivity index (χ1n) is 6.03. The van der Waals surface area contributed by atoms with Crippen LogP contribution in [0.1, 0.15) is 24.0 Å². The van der Waals surface area contributed by atoms with Gasteiger partial charge in [0.25, 0.3) is 0 Å². The average molecular weight is 220 g/mol. The molecular weight excluding hydrogens is 200 g/mol. The summed E-state index contributed by atoms with van der Waals surface area (Å²) in [6.45, 7) is 5.95. The molecule has 0 aromatic carbocycles. The van der Waals surface area contributed by atoms with Gasteiger partial charge in [-0.1, -0.05) is 6.07 Å². The molecule has 3 nitrogen and oxygen atoms in total. The predicted octanol–water partition coefficient (Wildman–Crippen LogP) is 1.91. The quantitative estimate of drug-likeness (QED) is 0.841. The molecule has 16 heavy (non-hydrogen) atoms. The Kier molecular flexibility index (Phi) is 4.31. The van der Waals surface area contributed by atoms with Crippen molar-refractivity contribution in [3.8, 4) is 0 Å². The summed E-state index contributed by atoms with van der Waals surface area (Å²) in [6.07, 6.45) is 6.21. The molecule has 0 spiro atoms. The molecule has 0 aliphatic carbocycles. The third-order valence-electron chi connectivity index (χ3n) is 3.03. The fourth-order valence-corrected chi connectivity index (χ4v) is 2.09. The standard InChI is InChI=1S/C13H20N2O/c1-11-6-13(9-14-7-11)10-15-8-12-2-4-16-5-3-12/h6-7,9,12,15H,2-5,8,10H2,1H3. The van der Waals surface area contributed by atoms with Crippen molar-refractivity contribution in [2.75, 3.05) is 19.8 Å². The minimum atomic E-state index is 0.784. The van der Waals surface area contributed by atoms with Gasteiger partial charge in [-0.2, -0.15) is 0 Å². The Morgan fingerprint density at radius 2 is 2.19 bits per heavy atom. The van der Waals surface area contributed by atoms with Crippen molar-refractivity contribution in [3.05, 3.63) is 29.6 Å². The summed E-state index contributed by atoms with van der Waals surface area (Å²) < 4.78 is 5.34. The van der Waals surface area contributed by atoms with Crippen molar-refractivity contribution in [2.45, 2.75) is 26.3 Å². The van der Waals surface area contributed by atoms with E-state index in [0.29, 0.717) is 0 Å². The molecule has 3 heteroatoms. The number of hydrogen-bond donors (Lipinski definition) is 1. The van der Waals surface area contributed by atoms with Crippen LogP contribution in [0.15, 0.2) is 18.5 Å². The van der Waals surface area contributed by atoms with E-state index in [2.05, 4.69) is 23.3 Å². The third-order valence-corrected chi connectivity index (χ3v) is 3.03. The molecule has 88 valence electrons.